The van der Waals surface area contributed by atoms with Gasteiger partial charge in [-0.3, -0.25) is 4.90 Å². The molecule has 2 atom stereocenters. The summed E-state index contributed by atoms with van der Waals surface area (Å²) in [6.45, 7) is 6.96. The molecule has 9 heteroatoms. The van der Waals surface area contributed by atoms with Gasteiger partial charge in [-0.15, -0.1) is 10.2 Å². The zero-order valence-corrected chi connectivity index (χ0v) is 14.5. The Balaban J connectivity index is 1.70. The molecule has 1 aromatic heterocycles. The minimum absolute atomic E-state index is 0.0705. The molecule has 0 radical (unpaired) electrons. The lowest BCUT2D eigenvalue weighted by Crippen LogP contribution is -2.51. The van der Waals surface area contributed by atoms with Crippen LogP contribution in [0.5, 0.6) is 0 Å². The van der Waals surface area contributed by atoms with Crippen LogP contribution in [0.1, 0.15) is 37.6 Å². The summed E-state index contributed by atoms with van der Waals surface area (Å²) in [7, 11) is -3.28. The van der Waals surface area contributed by atoms with Crippen molar-refractivity contribution in [3.8, 4) is 0 Å². The maximum absolute atomic E-state index is 12.8. The van der Waals surface area contributed by atoms with E-state index < -0.39 is 10.0 Å². The minimum atomic E-state index is -3.28. The van der Waals surface area contributed by atoms with Crippen LogP contribution in [0.4, 0.5) is 0 Å². The van der Waals surface area contributed by atoms with E-state index in [0.717, 1.165) is 13.0 Å². The smallest absolute Gasteiger partial charge is 0.233 e. The van der Waals surface area contributed by atoms with E-state index in [-0.39, 0.29) is 11.3 Å². The topological polar surface area (TPSA) is 88.8 Å². The zero-order valence-electron chi connectivity index (χ0n) is 13.6. The number of hydrogen-bond acceptors (Lipinski definition) is 7. The van der Waals surface area contributed by atoms with Crippen LogP contribution >= 0.6 is 0 Å². The lowest BCUT2D eigenvalue weighted by atomic mass is 10.1. The van der Waals surface area contributed by atoms with Crippen LogP contribution in [0, 0.1) is 6.92 Å². The van der Waals surface area contributed by atoms with E-state index >= 15 is 0 Å². The molecule has 0 amide bonds. The van der Waals surface area contributed by atoms with Crippen LogP contribution in [0.2, 0.25) is 0 Å². The average Bonchev–Trinajstić information content (AvgIpc) is 3.01. The summed E-state index contributed by atoms with van der Waals surface area (Å²) in [6.07, 6.45) is 1.55. The molecule has 2 aliphatic heterocycles. The Hall–Kier alpha value is -1.03. The van der Waals surface area contributed by atoms with Gasteiger partial charge in [0, 0.05) is 26.6 Å². The first-order chi connectivity index (χ1) is 11.0. The van der Waals surface area contributed by atoms with Gasteiger partial charge in [-0.1, -0.05) is 0 Å². The molecule has 0 saturated carbocycles. The molecule has 2 fully saturated rings. The summed E-state index contributed by atoms with van der Waals surface area (Å²) in [5.74, 6) is 1.08. The number of likely N-dealkylation sites (tertiary alicyclic amines) is 1. The monoisotopic (exact) mass is 344 g/mol. The molecule has 1 aromatic rings. The summed E-state index contributed by atoms with van der Waals surface area (Å²) in [5, 5.41) is 7.55. The zero-order chi connectivity index (χ0) is 16.4. The Labute approximate surface area is 136 Å². The van der Waals surface area contributed by atoms with Crippen molar-refractivity contribution in [2.75, 3.05) is 39.4 Å². The largest absolute Gasteiger partial charge is 0.424 e. The third-order valence-electron chi connectivity index (χ3n) is 4.61. The molecule has 23 heavy (non-hydrogen) atoms. The van der Waals surface area contributed by atoms with E-state index in [4.69, 9.17) is 9.15 Å². The summed E-state index contributed by atoms with van der Waals surface area (Å²) >= 11 is 0. The van der Waals surface area contributed by atoms with Crippen LogP contribution in [-0.2, 0) is 14.8 Å². The number of sulfonamides is 1. The van der Waals surface area contributed by atoms with E-state index in [1.807, 2.05) is 6.92 Å². The Morgan fingerprint density at radius 2 is 1.96 bits per heavy atom. The van der Waals surface area contributed by atoms with Crippen molar-refractivity contribution in [1.82, 2.24) is 19.4 Å². The Morgan fingerprint density at radius 3 is 2.61 bits per heavy atom. The number of aryl methyl sites for hydroxylation is 1. The van der Waals surface area contributed by atoms with Crippen LogP contribution < -0.4 is 0 Å². The lowest BCUT2D eigenvalue weighted by Gasteiger charge is -2.37. The molecule has 3 rings (SSSR count). The van der Waals surface area contributed by atoms with Gasteiger partial charge in [0.2, 0.25) is 21.8 Å². The first-order valence-electron chi connectivity index (χ1n) is 8.09. The van der Waals surface area contributed by atoms with E-state index in [2.05, 4.69) is 15.1 Å². The third-order valence-corrected chi connectivity index (χ3v) is 6.92. The van der Waals surface area contributed by atoms with Gasteiger partial charge in [0.15, 0.2) is 0 Å². The molecular formula is C14H24N4O4S. The molecule has 130 valence electrons. The summed E-state index contributed by atoms with van der Waals surface area (Å²) in [5.41, 5.74) is 0. The summed E-state index contributed by atoms with van der Waals surface area (Å²) < 4.78 is 38.0. The standard InChI is InChI=1S/C14H24N4O4S/c1-11(14-16-15-12(2)22-14)17-5-3-4-13(10-17)23(19,20)18-6-8-21-9-7-18/h11,13H,3-10H2,1-2H3/t11-,13+/m1/s1. The number of ether oxygens (including phenoxy) is 1. The van der Waals surface area contributed by atoms with Gasteiger partial charge < -0.3 is 9.15 Å². The molecule has 0 aromatic carbocycles. The highest BCUT2D eigenvalue weighted by atomic mass is 32.2. The fraction of sp³-hybridized carbons (Fsp3) is 0.857. The number of rotatable bonds is 4. The predicted molar refractivity (Wildman–Crippen MR) is 83.4 cm³/mol. The van der Waals surface area contributed by atoms with Gasteiger partial charge in [0.1, 0.15) is 0 Å². The summed E-state index contributed by atoms with van der Waals surface area (Å²) in [6, 6.07) is -0.0705. The van der Waals surface area contributed by atoms with Crippen molar-refractivity contribution in [1.29, 1.82) is 0 Å². The average molecular weight is 344 g/mol. The third kappa shape index (κ3) is 3.57. The van der Waals surface area contributed by atoms with E-state index in [1.165, 1.54) is 0 Å². The van der Waals surface area contributed by atoms with Crippen LogP contribution in [0.25, 0.3) is 0 Å². The SMILES string of the molecule is Cc1nnc([C@@H](C)N2CCC[C@H](S(=O)(=O)N3CCOCC3)C2)o1. The fourth-order valence-electron chi connectivity index (χ4n) is 3.21. The fourth-order valence-corrected chi connectivity index (χ4v) is 5.13. The molecule has 0 bridgehead atoms. The van der Waals surface area contributed by atoms with E-state index in [1.54, 1.807) is 11.2 Å². The number of morpholine rings is 1. The number of hydrogen-bond donors (Lipinski definition) is 0. The lowest BCUT2D eigenvalue weighted by molar-refractivity contribution is 0.0714. The van der Waals surface area contributed by atoms with Crippen LogP contribution in [0.15, 0.2) is 4.42 Å². The van der Waals surface area contributed by atoms with Gasteiger partial charge in [-0.05, 0) is 26.3 Å². The first-order valence-corrected chi connectivity index (χ1v) is 9.59. The maximum atomic E-state index is 12.8. The Morgan fingerprint density at radius 1 is 1.22 bits per heavy atom. The van der Waals surface area contributed by atoms with Gasteiger partial charge in [0.25, 0.3) is 0 Å². The number of nitrogens with zero attached hydrogens (tertiary/aromatic N) is 4. The Bertz CT molecular complexity index is 626. The maximum Gasteiger partial charge on any atom is 0.233 e. The van der Waals surface area contributed by atoms with E-state index in [0.29, 0.717) is 51.1 Å². The molecule has 3 heterocycles. The molecule has 0 unspecified atom stereocenters. The van der Waals surface area contributed by atoms with Crippen molar-refractivity contribution in [3.63, 3.8) is 0 Å². The van der Waals surface area contributed by atoms with Crippen molar-refractivity contribution in [2.24, 2.45) is 0 Å². The van der Waals surface area contributed by atoms with Gasteiger partial charge in [-0.25, -0.2) is 8.42 Å². The highest BCUT2D eigenvalue weighted by Crippen LogP contribution is 2.27. The molecule has 2 aliphatic rings. The second-order valence-corrected chi connectivity index (χ2v) is 8.36. The molecule has 0 spiro atoms. The highest BCUT2D eigenvalue weighted by Gasteiger charge is 2.37. The number of piperidine rings is 1. The predicted octanol–water partition coefficient (Wildman–Crippen LogP) is 0.565. The second kappa shape index (κ2) is 6.84. The van der Waals surface area contributed by atoms with Crippen molar-refractivity contribution < 1.29 is 17.6 Å². The minimum Gasteiger partial charge on any atom is -0.424 e. The van der Waals surface area contributed by atoms with Crippen LogP contribution in [0.3, 0.4) is 0 Å². The first kappa shape index (κ1) is 16.8. The molecular weight excluding hydrogens is 320 g/mol. The van der Waals surface area contributed by atoms with Gasteiger partial charge >= 0.3 is 0 Å². The quantitative estimate of drug-likeness (QED) is 0.788. The summed E-state index contributed by atoms with van der Waals surface area (Å²) in [4.78, 5) is 2.12. The second-order valence-electron chi connectivity index (χ2n) is 6.15. The highest BCUT2D eigenvalue weighted by molar-refractivity contribution is 7.89. The van der Waals surface area contributed by atoms with Gasteiger partial charge in [-0.2, -0.15) is 4.31 Å². The molecule has 2 saturated heterocycles. The van der Waals surface area contributed by atoms with Crippen molar-refractivity contribution in [2.45, 2.75) is 38.0 Å². The van der Waals surface area contributed by atoms with Crippen LogP contribution in [-0.4, -0.2) is 72.5 Å². The van der Waals surface area contributed by atoms with Crippen molar-refractivity contribution in [3.05, 3.63) is 11.8 Å². The molecule has 8 nitrogen and oxygen atoms in total. The molecule has 0 N–H and O–H groups in total. The Kier molecular flexibility index (Phi) is 5.00. The normalized spacial score (nSPS) is 26.3. The number of aromatic nitrogens is 2. The van der Waals surface area contributed by atoms with Crippen molar-refractivity contribution >= 4 is 10.0 Å². The van der Waals surface area contributed by atoms with E-state index in [9.17, 15) is 8.42 Å². The molecule has 0 aliphatic carbocycles. The van der Waals surface area contributed by atoms with Gasteiger partial charge in [0.05, 0.1) is 24.5 Å².